The molecule has 0 saturated carbocycles. The zero-order valence-electron chi connectivity index (χ0n) is 14.5. The molecule has 1 aliphatic heterocycles. The van der Waals surface area contributed by atoms with Gasteiger partial charge in [-0.3, -0.25) is 4.79 Å². The summed E-state index contributed by atoms with van der Waals surface area (Å²) in [6.07, 6.45) is 7.74. The lowest BCUT2D eigenvalue weighted by Gasteiger charge is -2.31. The molecule has 1 heterocycles. The third-order valence-electron chi connectivity index (χ3n) is 4.80. The van der Waals surface area contributed by atoms with Crippen molar-refractivity contribution in [2.24, 2.45) is 0 Å². The summed E-state index contributed by atoms with van der Waals surface area (Å²) in [5.41, 5.74) is 8.24. The normalized spacial score (nSPS) is 17.8. The quantitative estimate of drug-likeness (QED) is 0.742. The van der Waals surface area contributed by atoms with Crippen LogP contribution >= 0.6 is 0 Å². The summed E-state index contributed by atoms with van der Waals surface area (Å²) in [4.78, 5) is 13.8. The van der Waals surface area contributed by atoms with Gasteiger partial charge in [0.2, 0.25) is 0 Å². The summed E-state index contributed by atoms with van der Waals surface area (Å²) in [5.74, 6) is 0.153. The Morgan fingerprint density at radius 3 is 2.71 bits per heavy atom. The third-order valence-corrected chi connectivity index (χ3v) is 4.80. The minimum Gasteiger partial charge on any atom is -0.370 e. The predicted molar refractivity (Wildman–Crippen MR) is 96.7 cm³/mol. The van der Waals surface area contributed by atoms with Gasteiger partial charge < -0.3 is 4.90 Å². The van der Waals surface area contributed by atoms with Crippen LogP contribution in [0.15, 0.2) is 35.6 Å². The van der Waals surface area contributed by atoms with Gasteiger partial charge >= 0.3 is 0 Å². The Morgan fingerprint density at radius 1 is 1.25 bits per heavy atom. The second-order valence-electron chi connectivity index (χ2n) is 6.62. The summed E-state index contributed by atoms with van der Waals surface area (Å²) >= 11 is 0. The van der Waals surface area contributed by atoms with Gasteiger partial charge in [-0.15, -0.1) is 5.73 Å². The summed E-state index contributed by atoms with van der Waals surface area (Å²) in [7, 11) is 0. The maximum atomic E-state index is 14.7. The van der Waals surface area contributed by atoms with Crippen molar-refractivity contribution in [1.82, 2.24) is 0 Å². The molecule has 0 spiro atoms. The lowest BCUT2D eigenvalue weighted by molar-refractivity contribution is -0.119. The molecule has 3 heteroatoms. The van der Waals surface area contributed by atoms with Gasteiger partial charge in [0.1, 0.15) is 11.6 Å². The number of anilines is 1. The summed E-state index contributed by atoms with van der Waals surface area (Å²) in [6, 6.07) is 3.45. The molecule has 2 nitrogen and oxygen atoms in total. The molecular weight excluding hydrogens is 301 g/mol. The van der Waals surface area contributed by atoms with E-state index in [1.54, 1.807) is 6.07 Å². The second-order valence-corrected chi connectivity index (χ2v) is 6.62. The first-order chi connectivity index (χ1) is 11.6. The lowest BCUT2D eigenvalue weighted by Crippen LogP contribution is -2.34. The fraction of sp³-hybridized carbons (Fsp3) is 0.429. The SMILES string of the molecule is CCCC1=C=CC(C)=CCc2c(N3CCC(=O)CC3)ccc(F)c21. The monoisotopic (exact) mass is 325 g/mol. The number of ketones is 1. The maximum Gasteiger partial charge on any atom is 0.136 e. The van der Waals surface area contributed by atoms with Gasteiger partial charge in [-0.1, -0.05) is 19.4 Å². The minimum absolute atomic E-state index is 0.167. The number of rotatable bonds is 3. The fourth-order valence-corrected chi connectivity index (χ4v) is 3.48. The van der Waals surface area contributed by atoms with Gasteiger partial charge in [-0.25, -0.2) is 4.39 Å². The molecule has 1 aromatic rings. The Morgan fingerprint density at radius 2 is 2.00 bits per heavy atom. The molecule has 3 rings (SSSR count). The van der Waals surface area contributed by atoms with Crippen LogP contribution in [0.5, 0.6) is 0 Å². The van der Waals surface area contributed by atoms with E-state index in [9.17, 15) is 9.18 Å². The maximum absolute atomic E-state index is 14.7. The molecule has 0 unspecified atom stereocenters. The molecule has 0 amide bonds. The van der Waals surface area contributed by atoms with E-state index < -0.39 is 0 Å². The molecule has 126 valence electrons. The fourth-order valence-electron chi connectivity index (χ4n) is 3.48. The number of allylic oxidation sites excluding steroid dienone is 3. The van der Waals surface area contributed by atoms with Crippen LogP contribution in [-0.4, -0.2) is 18.9 Å². The van der Waals surface area contributed by atoms with Gasteiger partial charge in [0, 0.05) is 42.8 Å². The highest BCUT2D eigenvalue weighted by Crippen LogP contribution is 2.35. The van der Waals surface area contributed by atoms with Gasteiger partial charge in [0.05, 0.1) is 0 Å². The van der Waals surface area contributed by atoms with Crippen LogP contribution in [0.4, 0.5) is 10.1 Å². The van der Waals surface area contributed by atoms with Crippen LogP contribution in [0.1, 0.15) is 50.7 Å². The van der Waals surface area contributed by atoms with Gasteiger partial charge in [-0.2, -0.15) is 0 Å². The van der Waals surface area contributed by atoms with Crippen LogP contribution in [0.25, 0.3) is 5.57 Å². The topological polar surface area (TPSA) is 20.3 Å². The van der Waals surface area contributed by atoms with E-state index >= 15 is 0 Å². The van der Waals surface area contributed by atoms with Crippen molar-refractivity contribution < 1.29 is 9.18 Å². The van der Waals surface area contributed by atoms with E-state index in [1.807, 2.05) is 12.1 Å². The number of benzene rings is 1. The summed E-state index contributed by atoms with van der Waals surface area (Å²) in [5, 5.41) is 0. The molecule has 0 N–H and O–H groups in total. The second kappa shape index (κ2) is 7.19. The number of Topliss-reactive ketones (excluding diaryl/α,β-unsaturated/α-hetero) is 1. The summed E-state index contributed by atoms with van der Waals surface area (Å²) < 4.78 is 14.7. The molecule has 0 atom stereocenters. The molecule has 0 radical (unpaired) electrons. The largest absolute Gasteiger partial charge is 0.370 e. The van der Waals surface area contributed by atoms with Crippen molar-refractivity contribution in [3.8, 4) is 0 Å². The van der Waals surface area contributed by atoms with Crippen LogP contribution in [0.2, 0.25) is 0 Å². The first-order valence-electron chi connectivity index (χ1n) is 8.81. The predicted octanol–water partition coefficient (Wildman–Crippen LogP) is 4.84. The van der Waals surface area contributed by atoms with E-state index in [-0.39, 0.29) is 5.82 Å². The Kier molecular flexibility index (Phi) is 5.01. The Bertz CT molecular complexity index is 743. The molecule has 1 aromatic carbocycles. The highest BCUT2D eigenvalue weighted by Gasteiger charge is 2.23. The van der Waals surface area contributed by atoms with Gasteiger partial charge in [0.25, 0.3) is 0 Å². The van der Waals surface area contributed by atoms with Crippen molar-refractivity contribution in [1.29, 1.82) is 0 Å². The van der Waals surface area contributed by atoms with E-state index in [2.05, 4.69) is 30.6 Å². The average molecular weight is 325 g/mol. The van der Waals surface area contributed by atoms with Crippen LogP contribution in [0.3, 0.4) is 0 Å². The molecular formula is C21H24FNO. The van der Waals surface area contributed by atoms with E-state index in [0.29, 0.717) is 30.6 Å². The van der Waals surface area contributed by atoms with E-state index in [1.165, 1.54) is 0 Å². The highest BCUT2D eigenvalue weighted by molar-refractivity contribution is 5.82. The number of nitrogens with zero attached hydrogens (tertiary/aromatic N) is 1. The van der Waals surface area contributed by atoms with Crippen LogP contribution in [0, 0.1) is 5.82 Å². The summed E-state index contributed by atoms with van der Waals surface area (Å²) in [6.45, 7) is 5.61. The number of fused-ring (bicyclic) bond motifs is 1. The number of carbonyl (C=O) groups excluding carboxylic acids is 1. The number of carbonyl (C=O) groups is 1. The average Bonchev–Trinajstić information content (AvgIpc) is 2.56. The molecule has 1 aliphatic carbocycles. The molecule has 1 saturated heterocycles. The van der Waals surface area contributed by atoms with Crippen molar-refractivity contribution in [2.45, 2.75) is 46.0 Å². The zero-order valence-corrected chi connectivity index (χ0v) is 14.5. The zero-order chi connectivity index (χ0) is 17.1. The number of hydrogen-bond donors (Lipinski definition) is 0. The van der Waals surface area contributed by atoms with Gasteiger partial charge in [-0.05, 0) is 49.1 Å². The van der Waals surface area contributed by atoms with Crippen molar-refractivity contribution >= 4 is 17.0 Å². The van der Waals surface area contributed by atoms with Crippen LogP contribution in [-0.2, 0) is 11.2 Å². The number of hydrogen-bond acceptors (Lipinski definition) is 2. The highest BCUT2D eigenvalue weighted by atomic mass is 19.1. The standard InChI is InChI=1S/C21H24FNO/c1-3-4-16-7-5-15(2)6-8-18-20(10-9-19(22)21(16)18)23-13-11-17(24)12-14-23/h5-6,9-10H,3-4,8,11-14H2,1-2H3. The molecule has 0 aromatic heterocycles. The smallest absolute Gasteiger partial charge is 0.136 e. The number of piperidine rings is 1. The first-order valence-corrected chi connectivity index (χ1v) is 8.81. The molecule has 24 heavy (non-hydrogen) atoms. The molecule has 2 aliphatic rings. The number of halogens is 1. The molecule has 0 bridgehead atoms. The van der Waals surface area contributed by atoms with Gasteiger partial charge in [0.15, 0.2) is 0 Å². The Labute approximate surface area is 143 Å². The van der Waals surface area contributed by atoms with E-state index in [0.717, 1.165) is 48.3 Å². The third kappa shape index (κ3) is 3.37. The Hall–Kier alpha value is -2.12. The van der Waals surface area contributed by atoms with Crippen molar-refractivity contribution in [3.05, 3.63) is 52.5 Å². The lowest BCUT2D eigenvalue weighted by atomic mass is 9.90. The molecule has 1 fully saturated rings. The van der Waals surface area contributed by atoms with Crippen molar-refractivity contribution in [3.63, 3.8) is 0 Å². The first kappa shape index (κ1) is 16.7. The Balaban J connectivity index is 2.12. The van der Waals surface area contributed by atoms with E-state index in [4.69, 9.17) is 0 Å². The van der Waals surface area contributed by atoms with Crippen molar-refractivity contribution in [2.75, 3.05) is 18.0 Å². The van der Waals surface area contributed by atoms with Crippen LogP contribution < -0.4 is 4.90 Å². The minimum atomic E-state index is -0.167.